The van der Waals surface area contributed by atoms with Gasteiger partial charge in [-0.2, -0.15) is 5.26 Å². The fraction of sp³-hybridized carbons (Fsp3) is 0.235. The van der Waals surface area contributed by atoms with Crippen LogP contribution in [0.15, 0.2) is 48.5 Å². The standard InChI is InChI=1S/C17H17N/c1-2-14-3-5-15(6-4-14)7-8-16-9-11-17(13-18)12-10-16/h3-6,9-12H,2,7-8H2,1H3. The van der Waals surface area contributed by atoms with E-state index >= 15 is 0 Å². The second-order valence-corrected chi connectivity index (χ2v) is 4.48. The minimum atomic E-state index is 0.728. The first-order valence-corrected chi connectivity index (χ1v) is 6.38. The van der Waals surface area contributed by atoms with Gasteiger partial charge < -0.3 is 0 Å². The molecule has 0 amide bonds. The molecule has 0 spiro atoms. The van der Waals surface area contributed by atoms with Gasteiger partial charge in [0.25, 0.3) is 0 Å². The molecule has 0 atom stereocenters. The lowest BCUT2D eigenvalue weighted by molar-refractivity contribution is 0.957. The van der Waals surface area contributed by atoms with Crippen LogP contribution in [0.2, 0.25) is 0 Å². The lowest BCUT2D eigenvalue weighted by atomic mass is 10.0. The highest BCUT2D eigenvalue weighted by Gasteiger charge is 1.97. The second kappa shape index (κ2) is 6.02. The van der Waals surface area contributed by atoms with Gasteiger partial charge in [0.1, 0.15) is 0 Å². The number of benzene rings is 2. The number of nitrogens with zero attached hydrogens (tertiary/aromatic N) is 1. The topological polar surface area (TPSA) is 23.8 Å². The van der Waals surface area contributed by atoms with E-state index in [-0.39, 0.29) is 0 Å². The van der Waals surface area contributed by atoms with Gasteiger partial charge in [0.2, 0.25) is 0 Å². The zero-order valence-electron chi connectivity index (χ0n) is 10.7. The van der Waals surface area contributed by atoms with E-state index in [0.29, 0.717) is 0 Å². The molecule has 1 nitrogen and oxygen atoms in total. The third kappa shape index (κ3) is 3.21. The molecule has 0 aliphatic heterocycles. The van der Waals surface area contributed by atoms with E-state index in [4.69, 9.17) is 5.26 Å². The summed E-state index contributed by atoms with van der Waals surface area (Å²) in [5, 5.41) is 8.74. The fourth-order valence-corrected chi connectivity index (χ4v) is 1.98. The normalized spacial score (nSPS) is 10.0. The Kier molecular flexibility index (Phi) is 4.15. The first kappa shape index (κ1) is 12.4. The molecule has 18 heavy (non-hydrogen) atoms. The van der Waals surface area contributed by atoms with E-state index in [1.807, 2.05) is 24.3 Å². The largest absolute Gasteiger partial charge is 0.192 e. The Labute approximate surface area is 109 Å². The van der Waals surface area contributed by atoms with Crippen LogP contribution < -0.4 is 0 Å². The van der Waals surface area contributed by atoms with Gasteiger partial charge >= 0.3 is 0 Å². The predicted molar refractivity (Wildman–Crippen MR) is 74.4 cm³/mol. The maximum absolute atomic E-state index is 8.74. The van der Waals surface area contributed by atoms with E-state index in [1.54, 1.807) is 0 Å². The summed E-state index contributed by atoms with van der Waals surface area (Å²) in [7, 11) is 0. The zero-order valence-corrected chi connectivity index (χ0v) is 10.7. The van der Waals surface area contributed by atoms with Gasteiger partial charge in [-0.05, 0) is 48.1 Å². The first-order valence-electron chi connectivity index (χ1n) is 6.38. The van der Waals surface area contributed by atoms with Gasteiger partial charge in [-0.3, -0.25) is 0 Å². The summed E-state index contributed by atoms with van der Waals surface area (Å²) in [6, 6.07) is 18.8. The molecule has 0 aliphatic carbocycles. The number of hydrogen-bond acceptors (Lipinski definition) is 1. The summed E-state index contributed by atoms with van der Waals surface area (Å²) in [4.78, 5) is 0. The van der Waals surface area contributed by atoms with Crippen LogP contribution in [-0.2, 0) is 19.3 Å². The van der Waals surface area contributed by atoms with Crippen LogP contribution in [0.4, 0.5) is 0 Å². The third-order valence-corrected chi connectivity index (χ3v) is 3.22. The molecule has 0 aromatic heterocycles. The SMILES string of the molecule is CCc1ccc(CCc2ccc(C#N)cc2)cc1. The molecular weight excluding hydrogens is 218 g/mol. The predicted octanol–water partition coefficient (Wildman–Crippen LogP) is 3.91. The molecule has 0 saturated heterocycles. The lowest BCUT2D eigenvalue weighted by Crippen LogP contribution is -1.92. The van der Waals surface area contributed by atoms with Crippen molar-refractivity contribution >= 4 is 0 Å². The molecular formula is C17H17N. The highest BCUT2D eigenvalue weighted by atomic mass is 14.2. The van der Waals surface area contributed by atoms with E-state index in [9.17, 15) is 0 Å². The second-order valence-electron chi connectivity index (χ2n) is 4.48. The molecule has 0 heterocycles. The first-order chi connectivity index (χ1) is 8.81. The summed E-state index contributed by atoms with van der Waals surface area (Å²) in [5.41, 5.74) is 4.77. The Morgan fingerprint density at radius 3 is 1.67 bits per heavy atom. The van der Waals surface area contributed by atoms with Gasteiger partial charge in [0, 0.05) is 0 Å². The maximum Gasteiger partial charge on any atom is 0.0991 e. The van der Waals surface area contributed by atoms with Gasteiger partial charge in [0.05, 0.1) is 11.6 Å². The highest BCUT2D eigenvalue weighted by molar-refractivity contribution is 5.32. The van der Waals surface area contributed by atoms with Crippen molar-refractivity contribution in [3.63, 3.8) is 0 Å². The van der Waals surface area contributed by atoms with Gasteiger partial charge in [-0.1, -0.05) is 43.3 Å². The van der Waals surface area contributed by atoms with Crippen molar-refractivity contribution in [2.75, 3.05) is 0 Å². The maximum atomic E-state index is 8.74. The number of hydrogen-bond donors (Lipinski definition) is 0. The summed E-state index contributed by atoms with van der Waals surface area (Å²) < 4.78 is 0. The van der Waals surface area contributed by atoms with Crippen molar-refractivity contribution in [3.05, 3.63) is 70.8 Å². The van der Waals surface area contributed by atoms with Crippen LogP contribution in [0.25, 0.3) is 0 Å². The average molecular weight is 235 g/mol. The third-order valence-electron chi connectivity index (χ3n) is 3.22. The molecule has 2 rings (SSSR count). The molecule has 2 aromatic carbocycles. The Bertz CT molecular complexity index is 529. The molecule has 2 aromatic rings. The van der Waals surface area contributed by atoms with Gasteiger partial charge in [0.15, 0.2) is 0 Å². The van der Waals surface area contributed by atoms with Crippen LogP contribution in [0.5, 0.6) is 0 Å². The molecule has 0 fully saturated rings. The molecule has 0 saturated carbocycles. The average Bonchev–Trinajstić information content (AvgIpc) is 2.46. The van der Waals surface area contributed by atoms with Crippen molar-refractivity contribution in [2.24, 2.45) is 0 Å². The molecule has 0 aliphatic rings. The van der Waals surface area contributed by atoms with E-state index in [0.717, 1.165) is 24.8 Å². The smallest absolute Gasteiger partial charge is 0.0991 e. The summed E-state index contributed by atoms with van der Waals surface area (Å²) in [6.45, 7) is 2.17. The van der Waals surface area contributed by atoms with E-state index in [1.165, 1.54) is 16.7 Å². The lowest BCUT2D eigenvalue weighted by Gasteiger charge is -2.03. The van der Waals surface area contributed by atoms with Crippen molar-refractivity contribution in [1.29, 1.82) is 5.26 Å². The van der Waals surface area contributed by atoms with Crippen LogP contribution in [0.3, 0.4) is 0 Å². The summed E-state index contributed by atoms with van der Waals surface area (Å²) in [5.74, 6) is 0. The Morgan fingerprint density at radius 1 is 0.778 bits per heavy atom. The molecule has 0 bridgehead atoms. The summed E-state index contributed by atoms with van der Waals surface area (Å²) in [6.07, 6.45) is 3.17. The minimum Gasteiger partial charge on any atom is -0.192 e. The monoisotopic (exact) mass is 235 g/mol. The minimum absolute atomic E-state index is 0.728. The van der Waals surface area contributed by atoms with Crippen LogP contribution in [0.1, 0.15) is 29.2 Å². The van der Waals surface area contributed by atoms with E-state index < -0.39 is 0 Å². The van der Waals surface area contributed by atoms with Crippen molar-refractivity contribution < 1.29 is 0 Å². The Morgan fingerprint density at radius 2 is 1.22 bits per heavy atom. The van der Waals surface area contributed by atoms with Crippen molar-refractivity contribution in [2.45, 2.75) is 26.2 Å². The van der Waals surface area contributed by atoms with Gasteiger partial charge in [-0.15, -0.1) is 0 Å². The zero-order chi connectivity index (χ0) is 12.8. The fourth-order valence-electron chi connectivity index (χ4n) is 1.98. The number of rotatable bonds is 4. The highest BCUT2D eigenvalue weighted by Crippen LogP contribution is 2.10. The summed E-state index contributed by atoms with van der Waals surface area (Å²) >= 11 is 0. The quantitative estimate of drug-likeness (QED) is 0.788. The molecule has 0 N–H and O–H groups in total. The Hall–Kier alpha value is -2.07. The Balaban J connectivity index is 1.95. The molecule has 90 valence electrons. The van der Waals surface area contributed by atoms with E-state index in [2.05, 4.69) is 37.3 Å². The van der Waals surface area contributed by atoms with Crippen molar-refractivity contribution in [1.82, 2.24) is 0 Å². The van der Waals surface area contributed by atoms with Crippen LogP contribution >= 0.6 is 0 Å². The molecule has 0 radical (unpaired) electrons. The number of aryl methyl sites for hydroxylation is 3. The van der Waals surface area contributed by atoms with Crippen molar-refractivity contribution in [3.8, 4) is 6.07 Å². The van der Waals surface area contributed by atoms with Crippen LogP contribution in [0, 0.1) is 11.3 Å². The van der Waals surface area contributed by atoms with Crippen LogP contribution in [-0.4, -0.2) is 0 Å². The molecule has 0 unspecified atom stereocenters. The van der Waals surface area contributed by atoms with Gasteiger partial charge in [-0.25, -0.2) is 0 Å². The number of nitriles is 1. The molecule has 1 heteroatoms.